The van der Waals surface area contributed by atoms with Crippen LogP contribution < -0.4 is 5.73 Å². The van der Waals surface area contributed by atoms with E-state index in [2.05, 4.69) is 23.5 Å². The third-order valence-corrected chi connectivity index (χ3v) is 7.61. The zero-order chi connectivity index (χ0) is 22.0. The van der Waals surface area contributed by atoms with Gasteiger partial charge in [-0.05, 0) is 48.9 Å². The van der Waals surface area contributed by atoms with E-state index in [9.17, 15) is 18.0 Å². The zero-order valence-corrected chi connectivity index (χ0v) is 18.0. The number of carbonyl (C=O) groups excluding carboxylic acids is 2. The van der Waals surface area contributed by atoms with E-state index in [1.807, 2.05) is 18.2 Å². The Labute approximate surface area is 182 Å². The lowest BCUT2D eigenvalue weighted by Crippen LogP contribution is -2.34. The van der Waals surface area contributed by atoms with E-state index in [1.165, 1.54) is 23.8 Å². The molecule has 2 atom stereocenters. The second kappa shape index (κ2) is 8.80. The number of rotatable bonds is 6. The molecular weight excluding hydrogens is 414 g/mol. The molecule has 2 aromatic carbocycles. The van der Waals surface area contributed by atoms with Gasteiger partial charge in [0.1, 0.15) is 0 Å². The minimum absolute atomic E-state index is 0.00981. The summed E-state index contributed by atoms with van der Waals surface area (Å²) in [7, 11) is -4.36. The van der Waals surface area contributed by atoms with E-state index in [4.69, 9.17) is 5.73 Å². The molecule has 0 spiro atoms. The Bertz CT molecular complexity index is 1060. The first-order valence-electron chi connectivity index (χ1n) is 10.4. The van der Waals surface area contributed by atoms with Crippen molar-refractivity contribution in [3.8, 4) is 0 Å². The number of hydrogen-bond acceptors (Lipinski definition) is 5. The van der Waals surface area contributed by atoms with E-state index in [0.29, 0.717) is 24.9 Å². The first-order chi connectivity index (χ1) is 14.9. The minimum atomic E-state index is -4.36. The van der Waals surface area contributed by atoms with Gasteiger partial charge in [0.15, 0.2) is 0 Å². The van der Waals surface area contributed by atoms with Crippen molar-refractivity contribution in [1.29, 1.82) is 0 Å². The third-order valence-electron chi connectivity index (χ3n) is 6.15. The van der Waals surface area contributed by atoms with E-state index in [-0.39, 0.29) is 16.4 Å². The van der Waals surface area contributed by atoms with Gasteiger partial charge in [-0.3, -0.25) is 9.59 Å². The molecule has 31 heavy (non-hydrogen) atoms. The lowest BCUT2D eigenvalue weighted by Gasteiger charge is -2.22. The van der Waals surface area contributed by atoms with Crippen LogP contribution in [0, 0.1) is 18.3 Å². The second-order valence-corrected chi connectivity index (χ2v) is 10.1. The monoisotopic (exact) mass is 440 g/mol. The summed E-state index contributed by atoms with van der Waals surface area (Å²) in [5.41, 5.74) is 6.27. The van der Waals surface area contributed by atoms with Crippen molar-refractivity contribution in [2.75, 3.05) is 32.7 Å². The fourth-order valence-corrected chi connectivity index (χ4v) is 5.52. The molecule has 0 aliphatic carbocycles. The van der Waals surface area contributed by atoms with Crippen LogP contribution in [0.5, 0.6) is 0 Å². The SMILES string of the molecule is NC(=O)S(=O)(=O)c1ccccc1C(=O)N1CC2CN(CC[CH]c3ccccc3)C[C@H]2C1. The fraction of sp³-hybridized carbons (Fsp3) is 0.348. The van der Waals surface area contributed by atoms with E-state index < -0.39 is 15.1 Å². The quantitative estimate of drug-likeness (QED) is 0.742. The molecule has 1 radical (unpaired) electrons. The molecule has 2 aliphatic rings. The van der Waals surface area contributed by atoms with E-state index in [1.54, 1.807) is 11.0 Å². The largest absolute Gasteiger partial charge is 0.356 e. The van der Waals surface area contributed by atoms with Gasteiger partial charge in [0.05, 0.1) is 10.5 Å². The van der Waals surface area contributed by atoms with Gasteiger partial charge in [0.2, 0.25) is 0 Å². The molecule has 2 heterocycles. The Morgan fingerprint density at radius 3 is 2.19 bits per heavy atom. The molecule has 2 N–H and O–H groups in total. The molecule has 4 rings (SSSR count). The predicted octanol–water partition coefficient (Wildman–Crippen LogP) is 2.19. The number of carbonyl (C=O) groups is 2. The molecule has 0 saturated carbocycles. The molecule has 2 amide bonds. The second-order valence-electron chi connectivity index (χ2n) is 8.21. The molecular formula is C23H26N3O4S. The Morgan fingerprint density at radius 2 is 1.55 bits per heavy atom. The van der Waals surface area contributed by atoms with Crippen LogP contribution >= 0.6 is 0 Å². The highest BCUT2D eigenvalue weighted by molar-refractivity contribution is 8.06. The summed E-state index contributed by atoms with van der Waals surface area (Å²) >= 11 is 0. The molecule has 2 fully saturated rings. The Balaban J connectivity index is 1.35. The highest BCUT2D eigenvalue weighted by atomic mass is 32.2. The molecule has 2 aliphatic heterocycles. The summed E-state index contributed by atoms with van der Waals surface area (Å²) < 4.78 is 24.5. The molecule has 163 valence electrons. The molecule has 7 nitrogen and oxygen atoms in total. The number of likely N-dealkylation sites (tertiary alicyclic amines) is 2. The fourth-order valence-electron chi connectivity index (χ4n) is 4.60. The lowest BCUT2D eigenvalue weighted by molar-refractivity contribution is 0.0770. The van der Waals surface area contributed by atoms with Crippen LogP contribution in [0.3, 0.4) is 0 Å². The molecule has 2 aromatic rings. The van der Waals surface area contributed by atoms with Gasteiger partial charge in [-0.1, -0.05) is 42.5 Å². The standard InChI is InChI=1S/C23H26N3O4S/c24-23(28)31(29,30)21-11-5-4-10-20(21)22(27)26-15-18-13-25(14-19(18)16-26)12-6-9-17-7-2-1-3-8-17/h1-5,7-11,18-19H,6,12-16H2,(H2,24,28)/t18-,19?/m0/s1. The van der Waals surface area contributed by atoms with E-state index in [0.717, 1.165) is 26.1 Å². The van der Waals surface area contributed by atoms with Crippen molar-refractivity contribution in [3.63, 3.8) is 0 Å². The summed E-state index contributed by atoms with van der Waals surface area (Å²) in [5.74, 6) is 0.389. The van der Waals surface area contributed by atoms with Crippen LogP contribution in [0.25, 0.3) is 0 Å². The predicted molar refractivity (Wildman–Crippen MR) is 117 cm³/mol. The normalized spacial score (nSPS) is 21.2. The number of nitrogens with zero attached hydrogens (tertiary/aromatic N) is 2. The first-order valence-corrected chi connectivity index (χ1v) is 11.9. The summed E-state index contributed by atoms with van der Waals surface area (Å²) in [6.07, 6.45) is 3.21. The number of primary amides is 1. The van der Waals surface area contributed by atoms with Crippen LogP contribution in [0.1, 0.15) is 22.3 Å². The van der Waals surface area contributed by atoms with Crippen LogP contribution in [-0.4, -0.2) is 62.1 Å². The van der Waals surface area contributed by atoms with Crippen molar-refractivity contribution < 1.29 is 18.0 Å². The molecule has 8 heteroatoms. The van der Waals surface area contributed by atoms with E-state index >= 15 is 0 Å². The van der Waals surface area contributed by atoms with Gasteiger partial charge >= 0.3 is 5.24 Å². The van der Waals surface area contributed by atoms with Crippen LogP contribution in [-0.2, 0) is 9.84 Å². The number of nitrogens with two attached hydrogens (primary N) is 1. The smallest absolute Gasteiger partial charge is 0.338 e. The lowest BCUT2D eigenvalue weighted by atomic mass is 10.0. The van der Waals surface area contributed by atoms with Crippen LogP contribution in [0.2, 0.25) is 0 Å². The summed E-state index contributed by atoms with van der Waals surface area (Å²) in [4.78, 5) is 28.3. The Hall–Kier alpha value is -2.71. The number of hydrogen-bond donors (Lipinski definition) is 1. The average molecular weight is 441 g/mol. The van der Waals surface area contributed by atoms with Gasteiger partial charge in [0, 0.05) is 26.2 Å². The maximum Gasteiger partial charge on any atom is 0.338 e. The number of amides is 2. The van der Waals surface area contributed by atoms with Crippen molar-refractivity contribution in [2.24, 2.45) is 17.6 Å². The minimum Gasteiger partial charge on any atom is -0.356 e. The molecule has 2 saturated heterocycles. The average Bonchev–Trinajstić information content (AvgIpc) is 3.33. The third kappa shape index (κ3) is 4.50. The van der Waals surface area contributed by atoms with Crippen molar-refractivity contribution in [2.45, 2.75) is 11.3 Å². The summed E-state index contributed by atoms with van der Waals surface area (Å²) in [6.45, 7) is 4.02. The van der Waals surface area contributed by atoms with Crippen molar-refractivity contribution >= 4 is 21.0 Å². The first kappa shape index (κ1) is 21.5. The van der Waals surface area contributed by atoms with Gasteiger partial charge in [-0.2, -0.15) is 0 Å². The topological polar surface area (TPSA) is 101 Å². The summed E-state index contributed by atoms with van der Waals surface area (Å²) in [6, 6.07) is 16.0. The Morgan fingerprint density at radius 1 is 0.935 bits per heavy atom. The van der Waals surface area contributed by atoms with Crippen molar-refractivity contribution in [3.05, 3.63) is 72.1 Å². The van der Waals surface area contributed by atoms with Gasteiger partial charge in [-0.15, -0.1) is 0 Å². The number of sulfone groups is 1. The van der Waals surface area contributed by atoms with Gasteiger partial charge in [-0.25, -0.2) is 8.42 Å². The highest BCUT2D eigenvalue weighted by Gasteiger charge is 2.42. The molecule has 1 unspecified atom stereocenters. The summed E-state index contributed by atoms with van der Waals surface area (Å²) in [5, 5.41) is -1.45. The molecule has 0 aromatic heterocycles. The zero-order valence-electron chi connectivity index (χ0n) is 17.2. The maximum atomic E-state index is 13.1. The Kier molecular flexibility index (Phi) is 6.11. The van der Waals surface area contributed by atoms with Gasteiger partial charge < -0.3 is 15.5 Å². The van der Waals surface area contributed by atoms with Gasteiger partial charge in [0.25, 0.3) is 15.7 Å². The number of fused-ring (bicyclic) bond motifs is 1. The maximum absolute atomic E-state index is 13.1. The molecule has 0 bridgehead atoms. The number of benzene rings is 2. The van der Waals surface area contributed by atoms with Crippen molar-refractivity contribution in [1.82, 2.24) is 9.80 Å². The van der Waals surface area contributed by atoms with Crippen LogP contribution in [0.4, 0.5) is 4.79 Å². The van der Waals surface area contributed by atoms with Crippen LogP contribution in [0.15, 0.2) is 59.5 Å². The highest BCUT2D eigenvalue weighted by Crippen LogP contribution is 2.33.